The van der Waals surface area contributed by atoms with Crippen LogP contribution in [0, 0.1) is 0 Å². The first-order chi connectivity index (χ1) is 9.08. The van der Waals surface area contributed by atoms with Crippen molar-refractivity contribution in [3.05, 3.63) is 22.7 Å². The molecule has 8 nitrogen and oxygen atoms in total. The lowest BCUT2D eigenvalue weighted by molar-refractivity contribution is -0.137. The molecule has 0 aromatic carbocycles. The third-order valence-electron chi connectivity index (χ3n) is 2.30. The zero-order valence-electron chi connectivity index (χ0n) is 9.98. The molecule has 2 aromatic heterocycles. The van der Waals surface area contributed by atoms with Gasteiger partial charge in [0.15, 0.2) is 0 Å². The molecule has 0 spiro atoms. The summed E-state index contributed by atoms with van der Waals surface area (Å²) < 4.78 is 1.38. The van der Waals surface area contributed by atoms with Crippen molar-refractivity contribution >= 4 is 23.2 Å². The quantitative estimate of drug-likeness (QED) is 0.816. The number of thiophene rings is 1. The Kier molecular flexibility index (Phi) is 3.85. The zero-order valence-corrected chi connectivity index (χ0v) is 10.8. The number of aliphatic carboxylic acids is 1. The molecule has 2 N–H and O–H groups in total. The van der Waals surface area contributed by atoms with Gasteiger partial charge in [-0.05, 0) is 28.8 Å². The standard InChI is InChI=1S/C10H11N5O3S/c1-6(4-8(16)17)12-10(18)9-7(2-3-19-9)15-5-11-13-14-15/h2-3,5-6H,4H2,1H3,(H,12,18)(H,16,17). The number of nitrogens with zero attached hydrogens (tertiary/aromatic N) is 4. The van der Waals surface area contributed by atoms with Crippen molar-refractivity contribution in [3.8, 4) is 5.69 Å². The van der Waals surface area contributed by atoms with Gasteiger partial charge in [0.1, 0.15) is 11.2 Å². The van der Waals surface area contributed by atoms with Gasteiger partial charge in [0.25, 0.3) is 5.91 Å². The summed E-state index contributed by atoms with van der Waals surface area (Å²) in [6, 6.07) is 1.27. The summed E-state index contributed by atoms with van der Waals surface area (Å²) in [6.07, 6.45) is 1.26. The van der Waals surface area contributed by atoms with Gasteiger partial charge in [0.05, 0.1) is 12.1 Å². The zero-order chi connectivity index (χ0) is 13.8. The Morgan fingerprint density at radius 1 is 1.58 bits per heavy atom. The molecule has 2 rings (SSSR count). The molecule has 2 heterocycles. The largest absolute Gasteiger partial charge is 0.481 e. The number of hydrogen-bond acceptors (Lipinski definition) is 6. The number of rotatable bonds is 5. The van der Waals surface area contributed by atoms with Crippen LogP contribution in [-0.2, 0) is 4.79 Å². The van der Waals surface area contributed by atoms with Crippen LogP contribution in [0.15, 0.2) is 17.8 Å². The average molecular weight is 281 g/mol. The molecule has 1 amide bonds. The number of carbonyl (C=O) groups is 2. The molecule has 0 bridgehead atoms. The normalized spacial score (nSPS) is 12.1. The first-order valence-electron chi connectivity index (χ1n) is 5.41. The highest BCUT2D eigenvalue weighted by molar-refractivity contribution is 7.12. The number of amides is 1. The maximum absolute atomic E-state index is 12.0. The summed E-state index contributed by atoms with van der Waals surface area (Å²) in [6.45, 7) is 1.64. The predicted molar refractivity (Wildman–Crippen MR) is 66.2 cm³/mol. The van der Waals surface area contributed by atoms with Crippen molar-refractivity contribution in [1.82, 2.24) is 25.5 Å². The van der Waals surface area contributed by atoms with Gasteiger partial charge in [-0.15, -0.1) is 16.4 Å². The van der Waals surface area contributed by atoms with Gasteiger partial charge in [0.2, 0.25) is 0 Å². The molecule has 19 heavy (non-hydrogen) atoms. The van der Waals surface area contributed by atoms with Crippen LogP contribution >= 0.6 is 11.3 Å². The topological polar surface area (TPSA) is 110 Å². The van der Waals surface area contributed by atoms with Crippen LogP contribution in [0.3, 0.4) is 0 Å². The maximum Gasteiger partial charge on any atom is 0.305 e. The fourth-order valence-electron chi connectivity index (χ4n) is 1.53. The van der Waals surface area contributed by atoms with E-state index in [1.807, 2.05) is 0 Å². The van der Waals surface area contributed by atoms with Crippen LogP contribution in [0.1, 0.15) is 23.0 Å². The van der Waals surface area contributed by atoms with E-state index >= 15 is 0 Å². The van der Waals surface area contributed by atoms with Crippen LogP contribution in [0.2, 0.25) is 0 Å². The van der Waals surface area contributed by atoms with Crippen molar-refractivity contribution in [3.63, 3.8) is 0 Å². The van der Waals surface area contributed by atoms with Crippen molar-refractivity contribution in [1.29, 1.82) is 0 Å². The minimum atomic E-state index is -0.959. The highest BCUT2D eigenvalue weighted by Crippen LogP contribution is 2.20. The lowest BCUT2D eigenvalue weighted by Crippen LogP contribution is -2.34. The molecule has 0 radical (unpaired) electrons. The number of aromatic nitrogens is 4. The van der Waals surface area contributed by atoms with Crippen molar-refractivity contribution in [2.24, 2.45) is 0 Å². The predicted octanol–water partition coefficient (Wildman–Crippen LogP) is 0.317. The average Bonchev–Trinajstić information content (AvgIpc) is 2.98. The molecule has 0 saturated heterocycles. The van der Waals surface area contributed by atoms with Crippen molar-refractivity contribution < 1.29 is 14.7 Å². The van der Waals surface area contributed by atoms with Gasteiger partial charge >= 0.3 is 5.97 Å². The first kappa shape index (κ1) is 13.1. The van der Waals surface area contributed by atoms with Gasteiger partial charge in [-0.2, -0.15) is 4.68 Å². The Balaban J connectivity index is 2.12. The Bertz CT molecular complexity index is 580. The second kappa shape index (κ2) is 5.57. The van der Waals surface area contributed by atoms with E-state index in [4.69, 9.17) is 5.11 Å². The molecular formula is C10H11N5O3S. The maximum atomic E-state index is 12.0. The van der Waals surface area contributed by atoms with Gasteiger partial charge in [-0.1, -0.05) is 0 Å². The Labute approximate surface area is 112 Å². The number of carboxylic acid groups (broad SMARTS) is 1. The van der Waals surface area contributed by atoms with Gasteiger partial charge in [0, 0.05) is 6.04 Å². The van der Waals surface area contributed by atoms with Gasteiger partial charge in [-0.25, -0.2) is 0 Å². The highest BCUT2D eigenvalue weighted by Gasteiger charge is 2.18. The number of carboxylic acids is 1. The van der Waals surface area contributed by atoms with E-state index in [0.29, 0.717) is 10.6 Å². The third-order valence-corrected chi connectivity index (χ3v) is 3.21. The van der Waals surface area contributed by atoms with Gasteiger partial charge in [-0.3, -0.25) is 9.59 Å². The van der Waals surface area contributed by atoms with E-state index in [-0.39, 0.29) is 12.3 Å². The molecule has 0 saturated carbocycles. The smallest absolute Gasteiger partial charge is 0.305 e. The molecule has 2 aromatic rings. The SMILES string of the molecule is CC(CC(=O)O)NC(=O)c1sccc1-n1cnnn1. The number of hydrogen-bond donors (Lipinski definition) is 2. The Hall–Kier alpha value is -2.29. The lowest BCUT2D eigenvalue weighted by Gasteiger charge is -2.11. The molecule has 1 unspecified atom stereocenters. The Morgan fingerprint density at radius 2 is 2.37 bits per heavy atom. The molecule has 100 valence electrons. The summed E-state index contributed by atoms with van der Waals surface area (Å²) in [5.41, 5.74) is 0.565. The number of nitrogens with one attached hydrogen (secondary N) is 1. The fourth-order valence-corrected chi connectivity index (χ4v) is 2.31. The van der Waals surface area contributed by atoms with E-state index in [2.05, 4.69) is 20.8 Å². The van der Waals surface area contributed by atoms with Crippen molar-refractivity contribution in [2.45, 2.75) is 19.4 Å². The van der Waals surface area contributed by atoms with Crippen LogP contribution in [-0.4, -0.2) is 43.2 Å². The molecule has 9 heteroatoms. The highest BCUT2D eigenvalue weighted by atomic mass is 32.1. The summed E-state index contributed by atoms with van der Waals surface area (Å²) in [7, 11) is 0. The van der Waals surface area contributed by atoms with Crippen LogP contribution < -0.4 is 5.32 Å². The monoisotopic (exact) mass is 281 g/mol. The van der Waals surface area contributed by atoms with E-state index in [0.717, 1.165) is 0 Å². The minimum absolute atomic E-state index is 0.128. The summed E-state index contributed by atoms with van der Waals surface area (Å²) in [4.78, 5) is 23.0. The van der Waals surface area contributed by atoms with E-state index in [9.17, 15) is 9.59 Å². The van der Waals surface area contributed by atoms with Crippen LogP contribution in [0.25, 0.3) is 5.69 Å². The van der Waals surface area contributed by atoms with Gasteiger partial charge < -0.3 is 10.4 Å². The van der Waals surface area contributed by atoms with Crippen molar-refractivity contribution in [2.75, 3.05) is 0 Å². The fraction of sp³-hybridized carbons (Fsp3) is 0.300. The second-order valence-corrected chi connectivity index (χ2v) is 4.78. The summed E-state index contributed by atoms with van der Waals surface area (Å²) >= 11 is 1.24. The van der Waals surface area contributed by atoms with Crippen LogP contribution in [0.5, 0.6) is 0 Å². The number of carbonyl (C=O) groups excluding carboxylic acids is 1. The molecule has 0 aliphatic rings. The molecular weight excluding hydrogens is 270 g/mol. The Morgan fingerprint density at radius 3 is 3.00 bits per heavy atom. The summed E-state index contributed by atoms with van der Waals surface area (Å²) in [5.74, 6) is -1.30. The molecule has 1 atom stereocenters. The first-order valence-corrected chi connectivity index (χ1v) is 6.29. The lowest BCUT2D eigenvalue weighted by atomic mass is 10.2. The molecule has 0 aliphatic carbocycles. The minimum Gasteiger partial charge on any atom is -0.481 e. The van der Waals surface area contributed by atoms with E-state index in [1.165, 1.54) is 22.3 Å². The van der Waals surface area contributed by atoms with Crippen LogP contribution in [0.4, 0.5) is 0 Å². The van der Waals surface area contributed by atoms with E-state index < -0.39 is 12.0 Å². The third kappa shape index (κ3) is 3.13. The molecule has 0 fully saturated rings. The second-order valence-electron chi connectivity index (χ2n) is 3.86. The molecule has 0 aliphatic heterocycles. The van der Waals surface area contributed by atoms with E-state index in [1.54, 1.807) is 18.4 Å². The number of tetrazole rings is 1. The summed E-state index contributed by atoms with van der Waals surface area (Å²) in [5, 5.41) is 23.8.